The molecule has 5 nitrogen and oxygen atoms in total. The summed E-state index contributed by atoms with van der Waals surface area (Å²) in [6.45, 7) is 3.81. The molecule has 7 heteroatoms. The van der Waals surface area contributed by atoms with Gasteiger partial charge in [0, 0.05) is 16.9 Å². The lowest BCUT2D eigenvalue weighted by Crippen LogP contribution is -2.20. The first-order valence-electron chi connectivity index (χ1n) is 9.18. The highest BCUT2D eigenvalue weighted by atomic mass is 35.5. The third-order valence-corrected chi connectivity index (χ3v) is 4.72. The molecule has 0 radical (unpaired) electrons. The Bertz CT molecular complexity index is 1100. The molecule has 0 unspecified atom stereocenters. The number of ether oxygens (including phenoxy) is 1. The first-order valence-corrected chi connectivity index (χ1v) is 9.56. The Morgan fingerprint density at radius 1 is 0.933 bits per heavy atom. The van der Waals surface area contributed by atoms with Gasteiger partial charge < -0.3 is 15.4 Å². The summed E-state index contributed by atoms with van der Waals surface area (Å²) in [4.78, 5) is 24.6. The second kappa shape index (κ2) is 9.41. The molecule has 0 aliphatic rings. The Hall–Kier alpha value is -3.38. The zero-order valence-electron chi connectivity index (χ0n) is 16.5. The number of benzene rings is 3. The van der Waals surface area contributed by atoms with Crippen LogP contribution >= 0.6 is 11.6 Å². The Morgan fingerprint density at radius 3 is 2.43 bits per heavy atom. The average Bonchev–Trinajstić information content (AvgIpc) is 2.72. The van der Waals surface area contributed by atoms with E-state index >= 15 is 0 Å². The van der Waals surface area contributed by atoms with E-state index in [1.54, 1.807) is 18.2 Å². The number of carbonyl (C=O) groups is 2. The SMILES string of the molecule is Cc1ccc(OCC(=O)Nc2cccc(C(=O)Nc3ccc(F)c(Cl)c3)c2)cc1C. The van der Waals surface area contributed by atoms with Crippen LogP contribution in [0.1, 0.15) is 21.5 Å². The lowest BCUT2D eigenvalue weighted by molar-refractivity contribution is -0.118. The molecular weight excluding hydrogens is 407 g/mol. The van der Waals surface area contributed by atoms with Crippen LogP contribution in [-0.4, -0.2) is 18.4 Å². The summed E-state index contributed by atoms with van der Waals surface area (Å²) >= 11 is 5.73. The first-order chi connectivity index (χ1) is 14.3. The quantitative estimate of drug-likeness (QED) is 0.557. The van der Waals surface area contributed by atoms with Crippen molar-refractivity contribution in [1.29, 1.82) is 0 Å². The molecule has 3 rings (SSSR count). The van der Waals surface area contributed by atoms with Gasteiger partial charge in [-0.1, -0.05) is 23.7 Å². The summed E-state index contributed by atoms with van der Waals surface area (Å²) < 4.78 is 18.8. The number of anilines is 2. The van der Waals surface area contributed by atoms with Gasteiger partial charge in [0.2, 0.25) is 0 Å². The van der Waals surface area contributed by atoms with Crippen molar-refractivity contribution in [1.82, 2.24) is 0 Å². The fraction of sp³-hybridized carbons (Fsp3) is 0.130. The molecule has 154 valence electrons. The van der Waals surface area contributed by atoms with Gasteiger partial charge in [-0.2, -0.15) is 0 Å². The minimum atomic E-state index is -0.567. The fourth-order valence-corrected chi connectivity index (χ4v) is 2.85. The van der Waals surface area contributed by atoms with E-state index in [0.29, 0.717) is 22.7 Å². The summed E-state index contributed by atoms with van der Waals surface area (Å²) in [5, 5.41) is 5.25. The van der Waals surface area contributed by atoms with Crippen molar-refractivity contribution in [2.75, 3.05) is 17.2 Å². The van der Waals surface area contributed by atoms with E-state index in [4.69, 9.17) is 16.3 Å². The smallest absolute Gasteiger partial charge is 0.262 e. The molecule has 0 spiro atoms. The second-order valence-corrected chi connectivity index (χ2v) is 7.15. The zero-order chi connectivity index (χ0) is 21.7. The van der Waals surface area contributed by atoms with Crippen LogP contribution in [-0.2, 0) is 4.79 Å². The number of carbonyl (C=O) groups excluding carboxylic acids is 2. The number of amides is 2. The lowest BCUT2D eigenvalue weighted by Gasteiger charge is -2.10. The van der Waals surface area contributed by atoms with E-state index in [9.17, 15) is 14.0 Å². The molecule has 3 aromatic rings. The first kappa shape index (κ1) is 21.3. The van der Waals surface area contributed by atoms with Crippen molar-refractivity contribution in [2.24, 2.45) is 0 Å². The third kappa shape index (κ3) is 5.58. The van der Waals surface area contributed by atoms with Gasteiger partial charge in [-0.05, 0) is 73.5 Å². The molecule has 0 saturated heterocycles. The molecule has 0 fully saturated rings. The molecule has 0 aliphatic carbocycles. The Kier molecular flexibility index (Phi) is 6.69. The largest absolute Gasteiger partial charge is 0.484 e. The van der Waals surface area contributed by atoms with Gasteiger partial charge in [-0.3, -0.25) is 9.59 Å². The number of hydrogen-bond donors (Lipinski definition) is 2. The van der Waals surface area contributed by atoms with Gasteiger partial charge in [-0.25, -0.2) is 4.39 Å². The highest BCUT2D eigenvalue weighted by Crippen LogP contribution is 2.21. The summed E-state index contributed by atoms with van der Waals surface area (Å²) in [6.07, 6.45) is 0. The molecule has 2 amide bonds. The minimum Gasteiger partial charge on any atom is -0.484 e. The number of aryl methyl sites for hydroxylation is 2. The van der Waals surface area contributed by atoms with E-state index in [-0.39, 0.29) is 17.5 Å². The molecule has 0 aliphatic heterocycles. The Balaban J connectivity index is 1.60. The van der Waals surface area contributed by atoms with Gasteiger partial charge >= 0.3 is 0 Å². The van der Waals surface area contributed by atoms with Gasteiger partial charge in [0.1, 0.15) is 11.6 Å². The predicted octanol–water partition coefficient (Wildman–Crippen LogP) is 5.37. The molecule has 0 heterocycles. The van der Waals surface area contributed by atoms with Crippen molar-refractivity contribution in [3.63, 3.8) is 0 Å². The Morgan fingerprint density at radius 2 is 1.70 bits per heavy atom. The molecule has 2 N–H and O–H groups in total. The fourth-order valence-electron chi connectivity index (χ4n) is 2.66. The molecule has 0 bridgehead atoms. The molecule has 0 saturated carbocycles. The maximum Gasteiger partial charge on any atom is 0.262 e. The molecule has 30 heavy (non-hydrogen) atoms. The van der Waals surface area contributed by atoms with Crippen molar-refractivity contribution >= 4 is 34.8 Å². The lowest BCUT2D eigenvalue weighted by atomic mass is 10.1. The number of nitrogens with one attached hydrogen (secondary N) is 2. The van der Waals surface area contributed by atoms with E-state index in [2.05, 4.69) is 10.6 Å². The summed E-state index contributed by atoms with van der Waals surface area (Å²) in [5.74, 6) is -0.724. The van der Waals surface area contributed by atoms with Crippen LogP contribution in [0.25, 0.3) is 0 Å². The maximum atomic E-state index is 13.2. The Labute approximate surface area is 178 Å². The van der Waals surface area contributed by atoms with Crippen molar-refractivity contribution < 1.29 is 18.7 Å². The van der Waals surface area contributed by atoms with Crippen LogP contribution in [0, 0.1) is 19.7 Å². The van der Waals surface area contributed by atoms with Crippen molar-refractivity contribution in [2.45, 2.75) is 13.8 Å². The molecule has 0 atom stereocenters. The zero-order valence-corrected chi connectivity index (χ0v) is 17.2. The summed E-state index contributed by atoms with van der Waals surface area (Å²) in [6, 6.07) is 16.0. The standard InChI is InChI=1S/C23H20ClFN2O3/c1-14-6-8-19(10-15(14)2)30-13-22(28)26-17-5-3-4-16(11-17)23(29)27-18-7-9-21(25)20(24)12-18/h3-12H,13H2,1-2H3,(H,26,28)(H,27,29). The van der Waals surface area contributed by atoms with Gasteiger partial charge in [-0.15, -0.1) is 0 Å². The van der Waals surface area contributed by atoms with Crippen LogP contribution in [0.3, 0.4) is 0 Å². The summed E-state index contributed by atoms with van der Waals surface area (Å²) in [7, 11) is 0. The second-order valence-electron chi connectivity index (χ2n) is 6.75. The monoisotopic (exact) mass is 426 g/mol. The van der Waals surface area contributed by atoms with Crippen LogP contribution < -0.4 is 15.4 Å². The van der Waals surface area contributed by atoms with Crippen LogP contribution in [0.2, 0.25) is 5.02 Å². The predicted molar refractivity (Wildman–Crippen MR) is 116 cm³/mol. The van der Waals surface area contributed by atoms with Gasteiger partial charge in [0.15, 0.2) is 6.61 Å². The minimum absolute atomic E-state index is 0.0856. The van der Waals surface area contributed by atoms with Crippen molar-refractivity contribution in [3.05, 3.63) is 88.2 Å². The van der Waals surface area contributed by atoms with Crippen LogP contribution in [0.5, 0.6) is 5.75 Å². The van der Waals surface area contributed by atoms with Crippen molar-refractivity contribution in [3.8, 4) is 5.75 Å². The number of halogens is 2. The van der Waals surface area contributed by atoms with E-state index in [0.717, 1.165) is 11.1 Å². The number of rotatable bonds is 6. The highest BCUT2D eigenvalue weighted by molar-refractivity contribution is 6.31. The van der Waals surface area contributed by atoms with E-state index in [1.165, 1.54) is 24.3 Å². The van der Waals surface area contributed by atoms with Crippen LogP contribution in [0.4, 0.5) is 15.8 Å². The molecule has 0 aromatic heterocycles. The maximum absolute atomic E-state index is 13.2. The normalized spacial score (nSPS) is 10.4. The highest BCUT2D eigenvalue weighted by Gasteiger charge is 2.10. The topological polar surface area (TPSA) is 67.4 Å². The van der Waals surface area contributed by atoms with E-state index < -0.39 is 11.7 Å². The molecular formula is C23H20ClFN2O3. The van der Waals surface area contributed by atoms with E-state index in [1.807, 2.05) is 32.0 Å². The van der Waals surface area contributed by atoms with Crippen LogP contribution in [0.15, 0.2) is 60.7 Å². The molecule has 3 aromatic carbocycles. The third-order valence-electron chi connectivity index (χ3n) is 4.43. The van der Waals surface area contributed by atoms with Gasteiger partial charge in [0.05, 0.1) is 5.02 Å². The van der Waals surface area contributed by atoms with Gasteiger partial charge in [0.25, 0.3) is 11.8 Å². The number of hydrogen-bond acceptors (Lipinski definition) is 3. The summed E-state index contributed by atoms with van der Waals surface area (Å²) in [5.41, 5.74) is 3.36. The average molecular weight is 427 g/mol.